The molecular weight excluding hydrogens is 265 g/mol. The van der Waals surface area contributed by atoms with Crippen LogP contribution in [-0.4, -0.2) is 6.61 Å². The lowest BCUT2D eigenvalue weighted by molar-refractivity contribution is 0.340. The number of hydrogen-bond donors (Lipinski definition) is 1. The molecule has 1 atom stereocenters. The van der Waals surface area contributed by atoms with Crippen molar-refractivity contribution in [2.45, 2.75) is 13.0 Å². The summed E-state index contributed by atoms with van der Waals surface area (Å²) >= 11 is 5.88. The molecule has 2 aromatic rings. The van der Waals surface area contributed by atoms with E-state index in [-0.39, 0.29) is 5.82 Å². The molecule has 0 bridgehead atoms. The molecule has 0 fully saturated rings. The predicted octanol–water partition coefficient (Wildman–Crippen LogP) is 3.93. The van der Waals surface area contributed by atoms with E-state index >= 15 is 0 Å². The summed E-state index contributed by atoms with van der Waals surface area (Å²) in [5.41, 5.74) is 7.26. The maximum Gasteiger partial charge on any atom is 0.128 e. The molecule has 2 aromatic carbocycles. The van der Waals surface area contributed by atoms with E-state index in [1.54, 1.807) is 6.07 Å². The van der Waals surface area contributed by atoms with Gasteiger partial charge in [-0.05, 0) is 42.8 Å². The average Bonchev–Trinajstić information content (AvgIpc) is 2.41. The van der Waals surface area contributed by atoms with Gasteiger partial charge in [0.25, 0.3) is 0 Å². The van der Waals surface area contributed by atoms with E-state index in [0.717, 1.165) is 11.3 Å². The molecule has 2 N–H and O–H groups in total. The van der Waals surface area contributed by atoms with Crippen LogP contribution >= 0.6 is 11.6 Å². The molecule has 0 amide bonds. The Labute approximate surface area is 117 Å². The Morgan fingerprint density at radius 1 is 1.26 bits per heavy atom. The van der Waals surface area contributed by atoms with Gasteiger partial charge in [0.15, 0.2) is 0 Å². The molecule has 0 saturated carbocycles. The summed E-state index contributed by atoms with van der Waals surface area (Å²) in [6.07, 6.45) is 0. The van der Waals surface area contributed by atoms with Crippen LogP contribution in [0.3, 0.4) is 0 Å². The summed E-state index contributed by atoms with van der Waals surface area (Å²) in [5.74, 6) is 0.358. The number of rotatable bonds is 4. The molecule has 1 unspecified atom stereocenters. The maximum atomic E-state index is 13.8. The van der Waals surface area contributed by atoms with Crippen molar-refractivity contribution < 1.29 is 9.13 Å². The number of hydrogen-bond acceptors (Lipinski definition) is 2. The SMILES string of the molecule is CCOc1cccc(C(N)c2cc(Cl)ccc2F)c1. The van der Waals surface area contributed by atoms with Crippen LogP contribution in [0, 0.1) is 5.82 Å². The molecule has 100 valence electrons. The van der Waals surface area contributed by atoms with Gasteiger partial charge in [0, 0.05) is 10.6 Å². The fourth-order valence-electron chi connectivity index (χ4n) is 1.90. The van der Waals surface area contributed by atoms with Crippen LogP contribution in [0.5, 0.6) is 5.75 Å². The van der Waals surface area contributed by atoms with Crippen LogP contribution in [-0.2, 0) is 0 Å². The lowest BCUT2D eigenvalue weighted by Gasteiger charge is -2.15. The van der Waals surface area contributed by atoms with Gasteiger partial charge in [0.05, 0.1) is 12.6 Å². The van der Waals surface area contributed by atoms with Crippen LogP contribution in [0.15, 0.2) is 42.5 Å². The van der Waals surface area contributed by atoms with Gasteiger partial charge in [-0.2, -0.15) is 0 Å². The summed E-state index contributed by atoms with van der Waals surface area (Å²) in [6, 6.07) is 11.1. The van der Waals surface area contributed by atoms with E-state index in [1.165, 1.54) is 12.1 Å². The van der Waals surface area contributed by atoms with E-state index in [9.17, 15) is 4.39 Å². The molecule has 0 spiro atoms. The fourth-order valence-corrected chi connectivity index (χ4v) is 2.08. The standard InChI is InChI=1S/C15H15ClFNO/c1-2-19-12-5-3-4-10(8-12)15(18)13-9-11(16)6-7-14(13)17/h3-9,15H,2,18H2,1H3. The topological polar surface area (TPSA) is 35.2 Å². The van der Waals surface area contributed by atoms with Crippen molar-refractivity contribution in [3.63, 3.8) is 0 Å². The first kappa shape index (κ1) is 13.8. The first-order chi connectivity index (χ1) is 9.11. The van der Waals surface area contributed by atoms with Crippen molar-refractivity contribution in [2.24, 2.45) is 5.73 Å². The lowest BCUT2D eigenvalue weighted by Crippen LogP contribution is -2.13. The normalized spacial score (nSPS) is 12.2. The number of halogens is 2. The number of benzene rings is 2. The first-order valence-electron chi connectivity index (χ1n) is 6.05. The third-order valence-corrected chi connectivity index (χ3v) is 3.06. The van der Waals surface area contributed by atoms with Gasteiger partial charge in [-0.15, -0.1) is 0 Å². The van der Waals surface area contributed by atoms with Crippen molar-refractivity contribution in [3.8, 4) is 5.75 Å². The third-order valence-electron chi connectivity index (χ3n) is 2.82. The van der Waals surface area contributed by atoms with Crippen LogP contribution in [0.1, 0.15) is 24.1 Å². The molecule has 0 aromatic heterocycles. The van der Waals surface area contributed by atoms with Crippen LogP contribution in [0.25, 0.3) is 0 Å². The Bertz CT molecular complexity index is 574. The Kier molecular flexibility index (Phi) is 4.40. The van der Waals surface area contributed by atoms with Crippen LogP contribution in [0.2, 0.25) is 5.02 Å². The first-order valence-corrected chi connectivity index (χ1v) is 6.43. The van der Waals surface area contributed by atoms with Crippen molar-refractivity contribution in [2.75, 3.05) is 6.61 Å². The van der Waals surface area contributed by atoms with Crippen molar-refractivity contribution in [3.05, 3.63) is 64.4 Å². The highest BCUT2D eigenvalue weighted by Crippen LogP contribution is 2.27. The summed E-state index contributed by atoms with van der Waals surface area (Å²) in [7, 11) is 0. The van der Waals surface area contributed by atoms with E-state index in [4.69, 9.17) is 22.1 Å². The molecule has 2 nitrogen and oxygen atoms in total. The number of nitrogens with two attached hydrogens (primary N) is 1. The van der Waals surface area contributed by atoms with Gasteiger partial charge in [-0.3, -0.25) is 0 Å². The largest absolute Gasteiger partial charge is 0.494 e. The minimum absolute atomic E-state index is 0.362. The highest BCUT2D eigenvalue weighted by atomic mass is 35.5. The van der Waals surface area contributed by atoms with Gasteiger partial charge in [0.2, 0.25) is 0 Å². The van der Waals surface area contributed by atoms with Crippen molar-refractivity contribution in [1.82, 2.24) is 0 Å². The smallest absolute Gasteiger partial charge is 0.128 e. The summed E-state index contributed by atoms with van der Waals surface area (Å²) < 4.78 is 19.2. The Hall–Kier alpha value is -1.58. The second-order valence-electron chi connectivity index (χ2n) is 4.15. The molecule has 0 aliphatic carbocycles. The third kappa shape index (κ3) is 3.25. The minimum atomic E-state index is -0.570. The minimum Gasteiger partial charge on any atom is -0.494 e. The van der Waals surface area contributed by atoms with Crippen molar-refractivity contribution in [1.29, 1.82) is 0 Å². The summed E-state index contributed by atoms with van der Waals surface area (Å²) in [5, 5.41) is 0.466. The molecule has 0 radical (unpaired) electrons. The van der Waals surface area contributed by atoms with Gasteiger partial charge in [0.1, 0.15) is 11.6 Å². The Balaban J connectivity index is 2.35. The molecule has 0 aliphatic rings. The summed E-state index contributed by atoms with van der Waals surface area (Å²) in [4.78, 5) is 0. The van der Waals surface area contributed by atoms with Gasteiger partial charge in [-0.25, -0.2) is 4.39 Å². The lowest BCUT2D eigenvalue weighted by atomic mass is 9.99. The average molecular weight is 280 g/mol. The molecule has 0 saturated heterocycles. The molecule has 4 heteroatoms. The highest BCUT2D eigenvalue weighted by molar-refractivity contribution is 6.30. The molecular formula is C15H15ClFNO. The maximum absolute atomic E-state index is 13.8. The quantitative estimate of drug-likeness (QED) is 0.920. The van der Waals surface area contributed by atoms with Gasteiger partial charge >= 0.3 is 0 Å². The van der Waals surface area contributed by atoms with E-state index < -0.39 is 6.04 Å². The zero-order valence-corrected chi connectivity index (χ0v) is 11.3. The van der Waals surface area contributed by atoms with Crippen LogP contribution < -0.4 is 10.5 Å². The van der Waals surface area contributed by atoms with E-state index in [2.05, 4.69) is 0 Å². The molecule has 19 heavy (non-hydrogen) atoms. The van der Waals surface area contributed by atoms with Gasteiger partial charge < -0.3 is 10.5 Å². The molecule has 2 rings (SSSR count). The Morgan fingerprint density at radius 2 is 2.05 bits per heavy atom. The van der Waals surface area contributed by atoms with Crippen molar-refractivity contribution >= 4 is 11.6 Å². The zero-order valence-electron chi connectivity index (χ0n) is 10.6. The number of ether oxygens (including phenoxy) is 1. The second kappa shape index (κ2) is 6.04. The summed E-state index contributed by atoms with van der Waals surface area (Å²) in [6.45, 7) is 2.48. The van der Waals surface area contributed by atoms with Gasteiger partial charge in [-0.1, -0.05) is 23.7 Å². The zero-order chi connectivity index (χ0) is 13.8. The molecule has 0 heterocycles. The van der Waals surface area contributed by atoms with E-state index in [0.29, 0.717) is 17.2 Å². The predicted molar refractivity (Wildman–Crippen MR) is 75.1 cm³/mol. The highest BCUT2D eigenvalue weighted by Gasteiger charge is 2.14. The Morgan fingerprint density at radius 3 is 2.79 bits per heavy atom. The molecule has 0 aliphatic heterocycles. The van der Waals surface area contributed by atoms with Crippen LogP contribution in [0.4, 0.5) is 4.39 Å². The monoisotopic (exact) mass is 279 g/mol. The fraction of sp³-hybridized carbons (Fsp3) is 0.200. The second-order valence-corrected chi connectivity index (χ2v) is 4.59. The van der Waals surface area contributed by atoms with E-state index in [1.807, 2.05) is 31.2 Å².